The van der Waals surface area contributed by atoms with E-state index >= 15 is 0 Å². The quantitative estimate of drug-likeness (QED) is 0.168. The van der Waals surface area contributed by atoms with Crippen LogP contribution in [0.4, 0.5) is 10.1 Å². The molecular formula is C33H31FN8O3S. The molecule has 0 aliphatic heterocycles. The van der Waals surface area contributed by atoms with Gasteiger partial charge in [-0.25, -0.2) is 12.8 Å². The van der Waals surface area contributed by atoms with Gasteiger partial charge in [-0.05, 0) is 60.4 Å². The Kier molecular flexibility index (Phi) is 7.57. The summed E-state index contributed by atoms with van der Waals surface area (Å²) in [7, 11) is -3.65. The number of carbonyl (C=O) groups excluding carboxylic acids is 1. The van der Waals surface area contributed by atoms with Crippen LogP contribution in [-0.4, -0.2) is 50.7 Å². The fourth-order valence-corrected chi connectivity index (χ4v) is 6.76. The topological polar surface area (TPSA) is 172 Å². The van der Waals surface area contributed by atoms with E-state index in [0.29, 0.717) is 39.4 Å². The molecule has 1 saturated carbocycles. The van der Waals surface area contributed by atoms with Crippen LogP contribution in [0.15, 0.2) is 67.4 Å². The summed E-state index contributed by atoms with van der Waals surface area (Å²) < 4.78 is 38.8. The van der Waals surface area contributed by atoms with E-state index < -0.39 is 21.0 Å². The van der Waals surface area contributed by atoms with Crippen molar-refractivity contribution in [1.29, 1.82) is 0 Å². The molecule has 1 aromatic carbocycles. The van der Waals surface area contributed by atoms with E-state index in [9.17, 15) is 17.6 Å². The standard InChI is InChI=1S/C33H31FN8O3S/c1-46(44,45)32(35)20-7-19(8-22(34)9-20)26-15-37-16-29-24(26)11-28(40-29)31-25-12-27(38-17-30(25)41-42-31)21-10-23(14-36-13-21)39-33(43)18-5-3-2-4-6-18/h7-18,32,40H,2-6,35H2,1H3,(H,39,43)(H,41,42). The molecule has 13 heteroatoms. The number of fused-ring (bicyclic) bond motifs is 2. The molecule has 5 aromatic heterocycles. The molecule has 0 spiro atoms. The number of nitrogens with one attached hydrogen (secondary N) is 3. The molecular weight excluding hydrogens is 607 g/mol. The highest BCUT2D eigenvalue weighted by atomic mass is 32.2. The van der Waals surface area contributed by atoms with Crippen molar-refractivity contribution in [1.82, 2.24) is 30.1 Å². The first-order chi connectivity index (χ1) is 22.1. The lowest BCUT2D eigenvalue weighted by Crippen LogP contribution is -2.24. The minimum Gasteiger partial charge on any atom is -0.352 e. The van der Waals surface area contributed by atoms with E-state index in [0.717, 1.165) is 59.9 Å². The van der Waals surface area contributed by atoms with Gasteiger partial charge >= 0.3 is 0 Å². The largest absolute Gasteiger partial charge is 0.352 e. The zero-order chi connectivity index (χ0) is 32.0. The minimum absolute atomic E-state index is 0.0274. The van der Waals surface area contributed by atoms with Crippen LogP contribution in [0.25, 0.3) is 55.6 Å². The number of nitrogens with two attached hydrogens (primary N) is 1. The maximum absolute atomic E-state index is 14.7. The Morgan fingerprint density at radius 1 is 0.935 bits per heavy atom. The molecule has 1 aliphatic rings. The molecule has 0 radical (unpaired) electrons. The Balaban J connectivity index is 1.23. The maximum Gasteiger partial charge on any atom is 0.227 e. The first kappa shape index (κ1) is 29.7. The van der Waals surface area contributed by atoms with Crippen molar-refractivity contribution in [2.24, 2.45) is 11.7 Å². The number of carbonyl (C=O) groups is 1. The second-order valence-electron chi connectivity index (χ2n) is 11.8. The van der Waals surface area contributed by atoms with Crippen LogP contribution in [0, 0.1) is 11.7 Å². The molecule has 7 rings (SSSR count). The molecule has 5 heterocycles. The fraction of sp³-hybridized carbons (Fsp3) is 0.242. The van der Waals surface area contributed by atoms with Gasteiger partial charge in [0.1, 0.15) is 16.9 Å². The van der Waals surface area contributed by atoms with E-state index in [1.54, 1.807) is 37.1 Å². The zero-order valence-electron chi connectivity index (χ0n) is 24.9. The average Bonchev–Trinajstić information content (AvgIpc) is 3.68. The SMILES string of the molecule is CS(=O)(=O)C(N)c1cc(F)cc(-c2cncc3[nH]c(-c4n[nH]c5cnc(-c6cncc(NC(=O)C7CCCCC7)c6)cc45)cc23)c1. The monoisotopic (exact) mass is 638 g/mol. The molecule has 0 saturated heterocycles. The van der Waals surface area contributed by atoms with Gasteiger partial charge in [-0.3, -0.25) is 24.8 Å². The van der Waals surface area contributed by atoms with Crippen molar-refractivity contribution in [3.05, 3.63) is 78.8 Å². The lowest BCUT2D eigenvalue weighted by molar-refractivity contribution is -0.120. The van der Waals surface area contributed by atoms with Crippen molar-refractivity contribution in [2.45, 2.75) is 37.5 Å². The second kappa shape index (κ2) is 11.7. The molecule has 234 valence electrons. The van der Waals surface area contributed by atoms with Gasteiger partial charge in [-0.2, -0.15) is 5.10 Å². The molecule has 1 fully saturated rings. The number of halogens is 1. The Bertz CT molecular complexity index is 2220. The third-order valence-electron chi connectivity index (χ3n) is 8.55. The molecule has 11 nitrogen and oxygen atoms in total. The van der Waals surface area contributed by atoms with Crippen LogP contribution in [0.2, 0.25) is 0 Å². The lowest BCUT2D eigenvalue weighted by atomic mass is 9.88. The first-order valence-corrected chi connectivity index (χ1v) is 16.9. The molecule has 46 heavy (non-hydrogen) atoms. The molecule has 1 unspecified atom stereocenters. The van der Waals surface area contributed by atoms with E-state index in [1.165, 1.54) is 12.5 Å². The number of rotatable bonds is 7. The number of pyridine rings is 3. The summed E-state index contributed by atoms with van der Waals surface area (Å²) in [6.45, 7) is 0. The summed E-state index contributed by atoms with van der Waals surface area (Å²) in [5, 5.41) is 10.8. The summed E-state index contributed by atoms with van der Waals surface area (Å²) in [4.78, 5) is 29.5. The van der Waals surface area contributed by atoms with Gasteiger partial charge in [0.05, 0.1) is 46.7 Å². The Morgan fingerprint density at radius 2 is 1.74 bits per heavy atom. The van der Waals surface area contributed by atoms with Crippen molar-refractivity contribution in [3.8, 4) is 33.8 Å². The van der Waals surface area contributed by atoms with Crippen LogP contribution >= 0.6 is 0 Å². The van der Waals surface area contributed by atoms with Gasteiger partial charge in [-0.1, -0.05) is 19.3 Å². The van der Waals surface area contributed by atoms with Crippen LogP contribution in [0.3, 0.4) is 0 Å². The maximum atomic E-state index is 14.7. The number of benzene rings is 1. The zero-order valence-corrected chi connectivity index (χ0v) is 25.7. The number of sulfone groups is 1. The van der Waals surface area contributed by atoms with Crippen molar-refractivity contribution in [2.75, 3.05) is 11.6 Å². The Morgan fingerprint density at radius 3 is 2.54 bits per heavy atom. The molecule has 1 amide bonds. The number of anilines is 1. The molecule has 1 aliphatic carbocycles. The average molecular weight is 639 g/mol. The van der Waals surface area contributed by atoms with E-state index in [1.807, 2.05) is 18.2 Å². The normalized spacial score (nSPS) is 14.9. The molecule has 0 bridgehead atoms. The summed E-state index contributed by atoms with van der Waals surface area (Å²) in [5.41, 5.74) is 11.9. The second-order valence-corrected chi connectivity index (χ2v) is 14.0. The van der Waals surface area contributed by atoms with Crippen molar-refractivity contribution < 1.29 is 17.6 Å². The summed E-state index contributed by atoms with van der Waals surface area (Å²) in [6, 6.07) is 9.69. The van der Waals surface area contributed by atoms with Crippen LogP contribution in [0.5, 0.6) is 0 Å². The number of hydrogen-bond donors (Lipinski definition) is 4. The number of H-pyrrole nitrogens is 2. The number of hydrogen-bond acceptors (Lipinski definition) is 8. The highest BCUT2D eigenvalue weighted by molar-refractivity contribution is 7.90. The van der Waals surface area contributed by atoms with Gasteiger partial charge in [0.25, 0.3) is 0 Å². The fourth-order valence-electron chi connectivity index (χ4n) is 6.13. The predicted octanol–water partition coefficient (Wildman–Crippen LogP) is 5.89. The van der Waals surface area contributed by atoms with Gasteiger partial charge in [0.2, 0.25) is 5.91 Å². The molecule has 1 atom stereocenters. The predicted molar refractivity (Wildman–Crippen MR) is 175 cm³/mol. The lowest BCUT2D eigenvalue weighted by Gasteiger charge is -2.20. The van der Waals surface area contributed by atoms with Crippen molar-refractivity contribution in [3.63, 3.8) is 0 Å². The molecule has 6 aromatic rings. The van der Waals surface area contributed by atoms with Gasteiger partial charge < -0.3 is 16.0 Å². The van der Waals surface area contributed by atoms with E-state index in [-0.39, 0.29) is 17.4 Å². The third kappa shape index (κ3) is 5.74. The van der Waals surface area contributed by atoms with E-state index in [2.05, 4.69) is 35.5 Å². The third-order valence-corrected chi connectivity index (χ3v) is 9.74. The van der Waals surface area contributed by atoms with Crippen molar-refractivity contribution >= 4 is 43.2 Å². The smallest absolute Gasteiger partial charge is 0.227 e. The van der Waals surface area contributed by atoms with Crippen LogP contribution in [0.1, 0.15) is 43.0 Å². The Hall–Kier alpha value is -5.01. The van der Waals surface area contributed by atoms with Gasteiger partial charge in [0, 0.05) is 46.5 Å². The van der Waals surface area contributed by atoms with Gasteiger partial charge in [0.15, 0.2) is 9.84 Å². The summed E-state index contributed by atoms with van der Waals surface area (Å²) in [6.07, 6.45) is 14.5. The number of amides is 1. The summed E-state index contributed by atoms with van der Waals surface area (Å²) in [5.74, 6) is -0.551. The minimum atomic E-state index is -3.65. The first-order valence-electron chi connectivity index (χ1n) is 15.0. The van der Waals surface area contributed by atoms with E-state index in [4.69, 9.17) is 5.73 Å². The number of nitrogens with zero attached hydrogens (tertiary/aromatic N) is 4. The summed E-state index contributed by atoms with van der Waals surface area (Å²) >= 11 is 0. The van der Waals surface area contributed by atoms with Gasteiger partial charge in [-0.15, -0.1) is 0 Å². The number of aromatic amines is 2. The van der Waals surface area contributed by atoms with Crippen LogP contribution in [-0.2, 0) is 14.6 Å². The highest BCUT2D eigenvalue weighted by Gasteiger charge is 2.23. The van der Waals surface area contributed by atoms with Crippen LogP contribution < -0.4 is 11.1 Å². The highest BCUT2D eigenvalue weighted by Crippen LogP contribution is 2.36. The Labute approximate surface area is 263 Å². The number of aromatic nitrogens is 6. The molecule has 5 N–H and O–H groups in total.